The number of hydrogen-bond acceptors (Lipinski definition) is 7. The molecule has 1 aliphatic heterocycles. The standard InChI is InChI=1S/C21H26ClFN6O2/c1-10(30)6-28-7-13(8-28)17-18(23)15(22)5-14(19(17)31-4)12(3)29-21-16(11(2)27-29)20(24)25-9-26-21/h5,9-10,12-13,30H,6-8H2,1-4H3,(H2,24,25,26)/t10-,12+/m0/s1. The van der Waals surface area contributed by atoms with Crippen molar-refractivity contribution in [3.63, 3.8) is 0 Å². The maximum absolute atomic E-state index is 15.1. The number of hydrogen-bond donors (Lipinski definition) is 2. The highest BCUT2D eigenvalue weighted by molar-refractivity contribution is 6.31. The number of rotatable bonds is 6. The smallest absolute Gasteiger partial charge is 0.164 e. The van der Waals surface area contributed by atoms with Crippen LogP contribution in [-0.4, -0.2) is 62.6 Å². The van der Waals surface area contributed by atoms with Gasteiger partial charge in [-0.3, -0.25) is 4.90 Å². The molecule has 0 bridgehead atoms. The Morgan fingerprint density at radius 2 is 2.06 bits per heavy atom. The van der Waals surface area contributed by atoms with Gasteiger partial charge in [-0.15, -0.1) is 0 Å². The van der Waals surface area contributed by atoms with Crippen LogP contribution < -0.4 is 10.5 Å². The van der Waals surface area contributed by atoms with Gasteiger partial charge >= 0.3 is 0 Å². The minimum Gasteiger partial charge on any atom is -0.496 e. The van der Waals surface area contributed by atoms with E-state index in [4.69, 9.17) is 22.1 Å². The second-order valence-electron chi connectivity index (χ2n) is 8.14. The molecular weight excluding hydrogens is 423 g/mol. The van der Waals surface area contributed by atoms with Crippen LogP contribution in [0.1, 0.15) is 42.6 Å². The van der Waals surface area contributed by atoms with Gasteiger partial charge < -0.3 is 15.6 Å². The minimum atomic E-state index is -0.468. The number of aryl methyl sites for hydroxylation is 1. The third kappa shape index (κ3) is 3.71. The molecule has 10 heteroatoms. The molecule has 0 saturated carbocycles. The monoisotopic (exact) mass is 448 g/mol. The van der Waals surface area contributed by atoms with Crippen LogP contribution in [0.3, 0.4) is 0 Å². The molecule has 3 aromatic rings. The Hall–Kier alpha value is -2.49. The van der Waals surface area contributed by atoms with Gasteiger partial charge in [0.15, 0.2) is 5.65 Å². The van der Waals surface area contributed by atoms with Crippen LogP contribution in [0.5, 0.6) is 5.75 Å². The number of halogens is 2. The van der Waals surface area contributed by atoms with Crippen molar-refractivity contribution in [3.05, 3.63) is 40.1 Å². The fourth-order valence-corrected chi connectivity index (χ4v) is 4.62. The molecule has 0 aliphatic carbocycles. The van der Waals surface area contributed by atoms with Crippen LogP contribution >= 0.6 is 11.6 Å². The highest BCUT2D eigenvalue weighted by Gasteiger charge is 2.36. The molecule has 8 nitrogen and oxygen atoms in total. The summed E-state index contributed by atoms with van der Waals surface area (Å²) in [6.45, 7) is 7.31. The van der Waals surface area contributed by atoms with Gasteiger partial charge in [0, 0.05) is 36.7 Å². The lowest BCUT2D eigenvalue weighted by Gasteiger charge is -2.41. The Balaban J connectivity index is 1.78. The first-order valence-electron chi connectivity index (χ1n) is 10.1. The van der Waals surface area contributed by atoms with Gasteiger partial charge in [-0.1, -0.05) is 11.6 Å². The molecule has 1 fully saturated rings. The van der Waals surface area contributed by atoms with E-state index in [9.17, 15) is 5.11 Å². The van der Waals surface area contributed by atoms with Gasteiger partial charge in [0.25, 0.3) is 0 Å². The SMILES string of the molecule is COc1c([C@@H](C)n2nc(C)c3c(N)ncnc32)cc(Cl)c(F)c1C1CN(C[C@H](C)O)C1. The molecule has 3 N–H and O–H groups in total. The van der Waals surface area contributed by atoms with Crippen molar-refractivity contribution in [2.24, 2.45) is 0 Å². The van der Waals surface area contributed by atoms with E-state index in [-0.39, 0.29) is 17.0 Å². The summed E-state index contributed by atoms with van der Waals surface area (Å²) in [6, 6.07) is 1.25. The first-order valence-corrected chi connectivity index (χ1v) is 10.5. The molecule has 1 aromatic carbocycles. The first-order chi connectivity index (χ1) is 14.7. The Kier molecular flexibility index (Phi) is 5.76. The second-order valence-corrected chi connectivity index (χ2v) is 8.54. The highest BCUT2D eigenvalue weighted by Crippen LogP contribution is 2.43. The molecule has 4 rings (SSSR count). The van der Waals surface area contributed by atoms with Gasteiger partial charge in [0.1, 0.15) is 23.7 Å². The molecule has 31 heavy (non-hydrogen) atoms. The Morgan fingerprint density at radius 3 is 2.71 bits per heavy atom. The molecule has 0 radical (unpaired) electrons. The number of aromatic nitrogens is 4. The van der Waals surface area contributed by atoms with Crippen molar-refractivity contribution in [1.29, 1.82) is 0 Å². The van der Waals surface area contributed by atoms with E-state index in [2.05, 4.69) is 20.0 Å². The number of β-amino-alcohol motifs (C(OH)–C–C–N with tert-alkyl or cyclic N) is 1. The van der Waals surface area contributed by atoms with E-state index in [1.54, 1.807) is 17.7 Å². The molecule has 0 amide bonds. The van der Waals surface area contributed by atoms with Gasteiger partial charge in [0.05, 0.1) is 35.4 Å². The number of ether oxygens (including phenoxy) is 1. The number of aliphatic hydroxyl groups is 1. The fraction of sp³-hybridized carbons (Fsp3) is 0.476. The molecule has 0 spiro atoms. The van der Waals surface area contributed by atoms with Gasteiger partial charge in [-0.05, 0) is 26.8 Å². The molecule has 1 saturated heterocycles. The molecule has 2 aromatic heterocycles. The summed E-state index contributed by atoms with van der Waals surface area (Å²) in [5.74, 6) is 0.273. The molecular formula is C21H26ClFN6O2. The van der Waals surface area contributed by atoms with E-state index < -0.39 is 11.9 Å². The van der Waals surface area contributed by atoms with Crippen LogP contribution in [-0.2, 0) is 0 Å². The molecule has 2 atom stereocenters. The largest absolute Gasteiger partial charge is 0.496 e. The molecule has 3 heterocycles. The average molecular weight is 449 g/mol. The normalized spacial score (nSPS) is 17.0. The lowest BCUT2D eigenvalue weighted by Crippen LogP contribution is -2.48. The number of benzene rings is 1. The highest BCUT2D eigenvalue weighted by atomic mass is 35.5. The average Bonchev–Trinajstić information content (AvgIpc) is 3.03. The Labute approximate surface area is 184 Å². The summed E-state index contributed by atoms with van der Waals surface area (Å²) in [7, 11) is 1.53. The lowest BCUT2D eigenvalue weighted by atomic mass is 9.87. The maximum atomic E-state index is 15.1. The van der Waals surface area contributed by atoms with Crippen LogP contribution in [0.25, 0.3) is 11.0 Å². The minimum absolute atomic E-state index is 0.0361. The van der Waals surface area contributed by atoms with Crippen LogP contribution in [0.15, 0.2) is 12.4 Å². The van der Waals surface area contributed by atoms with E-state index in [1.807, 2.05) is 13.8 Å². The van der Waals surface area contributed by atoms with E-state index in [1.165, 1.54) is 13.4 Å². The fourth-order valence-electron chi connectivity index (χ4n) is 4.40. The van der Waals surface area contributed by atoms with Crippen LogP contribution in [0.2, 0.25) is 5.02 Å². The quantitative estimate of drug-likeness (QED) is 0.597. The Bertz CT molecular complexity index is 1130. The van der Waals surface area contributed by atoms with Crippen LogP contribution in [0.4, 0.5) is 10.2 Å². The third-order valence-corrected chi connectivity index (χ3v) is 6.11. The van der Waals surface area contributed by atoms with E-state index in [0.29, 0.717) is 59.1 Å². The maximum Gasteiger partial charge on any atom is 0.164 e. The van der Waals surface area contributed by atoms with E-state index >= 15 is 4.39 Å². The summed E-state index contributed by atoms with van der Waals surface area (Å²) < 4.78 is 22.6. The topological polar surface area (TPSA) is 102 Å². The lowest BCUT2D eigenvalue weighted by molar-refractivity contribution is 0.0723. The summed E-state index contributed by atoms with van der Waals surface area (Å²) in [5.41, 5.74) is 8.49. The number of fused-ring (bicyclic) bond motifs is 1. The van der Waals surface area contributed by atoms with Crippen molar-refractivity contribution in [2.75, 3.05) is 32.5 Å². The summed E-state index contributed by atoms with van der Waals surface area (Å²) in [4.78, 5) is 10.5. The van der Waals surface area contributed by atoms with Gasteiger partial charge in [0.2, 0.25) is 0 Å². The van der Waals surface area contributed by atoms with Crippen molar-refractivity contribution < 1.29 is 14.2 Å². The Morgan fingerprint density at radius 1 is 1.35 bits per heavy atom. The predicted molar refractivity (Wildman–Crippen MR) is 117 cm³/mol. The molecule has 0 unspecified atom stereocenters. The zero-order valence-electron chi connectivity index (χ0n) is 17.9. The number of nitrogen functional groups attached to an aromatic ring is 1. The number of nitrogens with zero attached hydrogens (tertiary/aromatic N) is 5. The summed E-state index contributed by atoms with van der Waals surface area (Å²) in [6.07, 6.45) is 0.960. The first kappa shape index (κ1) is 21.7. The van der Waals surface area contributed by atoms with E-state index in [0.717, 1.165) is 0 Å². The number of nitrogens with two attached hydrogens (primary N) is 1. The van der Waals surface area contributed by atoms with Gasteiger partial charge in [-0.2, -0.15) is 5.10 Å². The predicted octanol–water partition coefficient (Wildman–Crippen LogP) is 2.91. The van der Waals surface area contributed by atoms with Crippen molar-refractivity contribution in [2.45, 2.75) is 38.8 Å². The zero-order valence-corrected chi connectivity index (χ0v) is 18.7. The number of aliphatic hydroxyl groups excluding tert-OH is 1. The zero-order chi connectivity index (χ0) is 22.4. The third-order valence-electron chi connectivity index (χ3n) is 5.84. The summed E-state index contributed by atoms with van der Waals surface area (Å²) in [5, 5.41) is 14.9. The van der Waals surface area contributed by atoms with Gasteiger partial charge in [-0.25, -0.2) is 19.0 Å². The number of likely N-dealkylation sites (tertiary alicyclic amines) is 1. The van der Waals surface area contributed by atoms with Crippen LogP contribution in [0, 0.1) is 12.7 Å². The second kappa shape index (κ2) is 8.22. The van der Waals surface area contributed by atoms with Crippen molar-refractivity contribution in [1.82, 2.24) is 24.6 Å². The van der Waals surface area contributed by atoms with Crippen molar-refractivity contribution in [3.8, 4) is 5.75 Å². The number of anilines is 1. The summed E-state index contributed by atoms with van der Waals surface area (Å²) >= 11 is 6.31. The molecule has 166 valence electrons. The number of methoxy groups -OCH3 is 1. The molecule has 1 aliphatic rings. The van der Waals surface area contributed by atoms with Crippen molar-refractivity contribution >= 4 is 28.5 Å².